The van der Waals surface area contributed by atoms with Gasteiger partial charge >= 0.3 is 0 Å². The van der Waals surface area contributed by atoms with Gasteiger partial charge in [-0.2, -0.15) is 0 Å². The molecule has 0 aliphatic heterocycles. The normalized spacial score (nSPS) is 12.5. The number of halogens is 1. The molecule has 0 bridgehead atoms. The lowest BCUT2D eigenvalue weighted by Gasteiger charge is -2.14. The Balaban J connectivity index is 2.00. The molecule has 0 nitrogen and oxygen atoms in total. The van der Waals surface area contributed by atoms with E-state index in [9.17, 15) is 0 Å². The lowest BCUT2D eigenvalue weighted by molar-refractivity contribution is 0.928. The second-order valence-electron chi connectivity index (χ2n) is 5.17. The van der Waals surface area contributed by atoms with Crippen molar-refractivity contribution in [2.75, 3.05) is 0 Å². The van der Waals surface area contributed by atoms with Crippen LogP contribution in [0.4, 0.5) is 0 Å². The van der Waals surface area contributed by atoms with Crippen molar-refractivity contribution < 1.29 is 0 Å². The maximum Gasteiger partial charge on any atom is 0.0631 e. The van der Waals surface area contributed by atoms with Gasteiger partial charge in [-0.05, 0) is 40.8 Å². The highest BCUT2D eigenvalue weighted by molar-refractivity contribution is 6.22. The van der Waals surface area contributed by atoms with Crippen LogP contribution >= 0.6 is 11.6 Å². The average molecular weight is 281 g/mol. The molecule has 20 heavy (non-hydrogen) atoms. The van der Waals surface area contributed by atoms with Crippen LogP contribution in [0.5, 0.6) is 0 Å². The summed E-state index contributed by atoms with van der Waals surface area (Å²) in [6.07, 6.45) is 0.857. The first-order valence-electron chi connectivity index (χ1n) is 6.92. The van der Waals surface area contributed by atoms with Crippen LogP contribution < -0.4 is 0 Å². The monoisotopic (exact) mass is 280 g/mol. The summed E-state index contributed by atoms with van der Waals surface area (Å²) in [6.45, 7) is 2.15. The molecule has 3 aromatic carbocycles. The van der Waals surface area contributed by atoms with E-state index < -0.39 is 0 Å². The van der Waals surface area contributed by atoms with Crippen molar-refractivity contribution >= 4 is 22.4 Å². The molecule has 0 spiro atoms. The average Bonchev–Trinajstić information content (AvgIpc) is 2.49. The molecule has 0 aromatic heterocycles. The molecule has 100 valence electrons. The van der Waals surface area contributed by atoms with E-state index in [4.69, 9.17) is 11.6 Å². The number of benzene rings is 3. The van der Waals surface area contributed by atoms with Gasteiger partial charge in [0.25, 0.3) is 0 Å². The summed E-state index contributed by atoms with van der Waals surface area (Å²) >= 11 is 6.67. The van der Waals surface area contributed by atoms with E-state index in [1.807, 2.05) is 6.07 Å². The molecule has 3 aromatic rings. The molecule has 1 atom stereocenters. The Morgan fingerprint density at radius 3 is 2.20 bits per heavy atom. The van der Waals surface area contributed by atoms with Gasteiger partial charge in [-0.15, -0.1) is 11.6 Å². The van der Waals surface area contributed by atoms with Crippen LogP contribution in [0.3, 0.4) is 0 Å². The summed E-state index contributed by atoms with van der Waals surface area (Å²) in [5, 5.41) is 2.56. The summed E-state index contributed by atoms with van der Waals surface area (Å²) < 4.78 is 0. The van der Waals surface area contributed by atoms with Gasteiger partial charge in [-0.3, -0.25) is 0 Å². The lowest BCUT2D eigenvalue weighted by atomic mass is 9.96. The van der Waals surface area contributed by atoms with E-state index >= 15 is 0 Å². The zero-order chi connectivity index (χ0) is 13.9. The van der Waals surface area contributed by atoms with Gasteiger partial charge in [0, 0.05) is 0 Å². The van der Waals surface area contributed by atoms with Crippen LogP contribution in [0.25, 0.3) is 10.8 Å². The molecular weight excluding hydrogens is 264 g/mol. The van der Waals surface area contributed by atoms with E-state index in [2.05, 4.69) is 67.6 Å². The third-order valence-corrected chi connectivity index (χ3v) is 4.16. The van der Waals surface area contributed by atoms with Crippen LogP contribution in [-0.2, 0) is 6.42 Å². The van der Waals surface area contributed by atoms with Crippen LogP contribution in [0.15, 0.2) is 66.7 Å². The SMILES string of the molecule is Cc1ccc(C(Cl)Cc2ccccc2)c2ccccc12. The van der Waals surface area contributed by atoms with Gasteiger partial charge in [-0.25, -0.2) is 0 Å². The fraction of sp³-hybridized carbons (Fsp3) is 0.158. The number of rotatable bonds is 3. The van der Waals surface area contributed by atoms with Crippen molar-refractivity contribution in [1.29, 1.82) is 0 Å². The highest BCUT2D eigenvalue weighted by atomic mass is 35.5. The molecule has 0 saturated heterocycles. The Hall–Kier alpha value is -1.79. The predicted molar refractivity (Wildman–Crippen MR) is 87.4 cm³/mol. The van der Waals surface area contributed by atoms with Gasteiger partial charge in [0.05, 0.1) is 5.38 Å². The zero-order valence-corrected chi connectivity index (χ0v) is 12.3. The number of hydrogen-bond donors (Lipinski definition) is 0. The van der Waals surface area contributed by atoms with E-state index in [-0.39, 0.29) is 5.38 Å². The molecule has 1 heteroatoms. The highest BCUT2D eigenvalue weighted by Gasteiger charge is 2.12. The summed E-state index contributed by atoms with van der Waals surface area (Å²) in [4.78, 5) is 0. The Kier molecular flexibility index (Phi) is 3.75. The van der Waals surface area contributed by atoms with Crippen LogP contribution in [0.2, 0.25) is 0 Å². The van der Waals surface area contributed by atoms with Gasteiger partial charge in [0.1, 0.15) is 0 Å². The molecule has 0 aliphatic carbocycles. The van der Waals surface area contributed by atoms with Crippen molar-refractivity contribution in [3.05, 3.63) is 83.4 Å². The van der Waals surface area contributed by atoms with E-state index in [0.29, 0.717) is 0 Å². The zero-order valence-electron chi connectivity index (χ0n) is 11.5. The van der Waals surface area contributed by atoms with E-state index in [0.717, 1.165) is 6.42 Å². The van der Waals surface area contributed by atoms with Crippen LogP contribution in [-0.4, -0.2) is 0 Å². The standard InChI is InChI=1S/C19H17Cl/c1-14-11-12-18(17-10-6-5-9-16(14)17)19(20)13-15-7-3-2-4-8-15/h2-12,19H,13H2,1H3. The molecule has 0 fully saturated rings. The third-order valence-electron chi connectivity index (χ3n) is 3.77. The summed E-state index contributed by atoms with van der Waals surface area (Å²) in [6, 6.07) is 23.2. The molecule has 0 amide bonds. The molecule has 0 saturated carbocycles. The molecule has 0 N–H and O–H groups in total. The smallest absolute Gasteiger partial charge is 0.0631 e. The quantitative estimate of drug-likeness (QED) is 0.542. The second kappa shape index (κ2) is 5.68. The van der Waals surface area contributed by atoms with Crippen molar-refractivity contribution in [3.63, 3.8) is 0 Å². The molecule has 1 unspecified atom stereocenters. The molecule has 0 radical (unpaired) electrons. The van der Waals surface area contributed by atoms with Crippen LogP contribution in [0, 0.1) is 6.92 Å². The number of alkyl halides is 1. The molecule has 0 aliphatic rings. The Morgan fingerprint density at radius 1 is 0.800 bits per heavy atom. The number of fused-ring (bicyclic) bond motifs is 1. The minimum atomic E-state index is 0.00269. The van der Waals surface area contributed by atoms with Crippen molar-refractivity contribution in [3.8, 4) is 0 Å². The van der Waals surface area contributed by atoms with Gasteiger partial charge in [0.2, 0.25) is 0 Å². The lowest BCUT2D eigenvalue weighted by Crippen LogP contribution is -1.97. The fourth-order valence-electron chi connectivity index (χ4n) is 2.68. The first kappa shape index (κ1) is 13.2. The Morgan fingerprint density at radius 2 is 1.45 bits per heavy atom. The molecule has 0 heterocycles. The van der Waals surface area contributed by atoms with Crippen LogP contribution in [0.1, 0.15) is 22.1 Å². The van der Waals surface area contributed by atoms with Crippen molar-refractivity contribution in [2.24, 2.45) is 0 Å². The summed E-state index contributed by atoms with van der Waals surface area (Å²) in [5.41, 5.74) is 3.79. The topological polar surface area (TPSA) is 0 Å². The second-order valence-corrected chi connectivity index (χ2v) is 5.70. The largest absolute Gasteiger partial charge is 0.117 e. The minimum Gasteiger partial charge on any atom is -0.117 e. The highest BCUT2D eigenvalue weighted by Crippen LogP contribution is 2.32. The van der Waals surface area contributed by atoms with E-state index in [1.165, 1.54) is 27.5 Å². The Labute approximate surface area is 125 Å². The maximum atomic E-state index is 6.67. The fourth-order valence-corrected chi connectivity index (χ4v) is 3.05. The molecular formula is C19H17Cl. The first-order chi connectivity index (χ1) is 9.75. The maximum absolute atomic E-state index is 6.67. The van der Waals surface area contributed by atoms with Gasteiger partial charge in [0.15, 0.2) is 0 Å². The Bertz CT molecular complexity index is 716. The summed E-state index contributed by atoms with van der Waals surface area (Å²) in [7, 11) is 0. The number of hydrogen-bond acceptors (Lipinski definition) is 0. The minimum absolute atomic E-state index is 0.00269. The molecule has 3 rings (SSSR count). The summed E-state index contributed by atoms with van der Waals surface area (Å²) in [5.74, 6) is 0. The van der Waals surface area contributed by atoms with Crippen molar-refractivity contribution in [1.82, 2.24) is 0 Å². The van der Waals surface area contributed by atoms with Gasteiger partial charge < -0.3 is 0 Å². The first-order valence-corrected chi connectivity index (χ1v) is 7.35. The van der Waals surface area contributed by atoms with Gasteiger partial charge in [-0.1, -0.05) is 66.7 Å². The predicted octanol–water partition coefficient (Wildman–Crippen LogP) is 5.67. The van der Waals surface area contributed by atoms with E-state index in [1.54, 1.807) is 0 Å². The van der Waals surface area contributed by atoms with Crippen molar-refractivity contribution in [2.45, 2.75) is 18.7 Å². The number of aryl methyl sites for hydroxylation is 1. The third kappa shape index (κ3) is 2.57.